The maximum absolute atomic E-state index is 13.1. The van der Waals surface area contributed by atoms with Gasteiger partial charge >= 0.3 is 11.9 Å². The van der Waals surface area contributed by atoms with E-state index in [0.717, 1.165) is 83.6 Å². The molecule has 0 atom stereocenters. The van der Waals surface area contributed by atoms with Crippen molar-refractivity contribution in [3.63, 3.8) is 0 Å². The van der Waals surface area contributed by atoms with Crippen LogP contribution in [0.3, 0.4) is 0 Å². The van der Waals surface area contributed by atoms with Gasteiger partial charge in [-0.25, -0.2) is 0 Å². The predicted octanol–water partition coefficient (Wildman–Crippen LogP) is 7.89. The Kier molecular flexibility index (Phi) is 21.7. The Bertz CT molecular complexity index is 573. The minimum atomic E-state index is -1.21. The van der Waals surface area contributed by atoms with Gasteiger partial charge in [0.05, 0.1) is 13.2 Å². The van der Waals surface area contributed by atoms with Gasteiger partial charge in [-0.3, -0.25) is 9.59 Å². The van der Waals surface area contributed by atoms with Crippen LogP contribution in [0.15, 0.2) is 0 Å². The molecular weight excluding hydrogens is 490 g/mol. The van der Waals surface area contributed by atoms with Gasteiger partial charge in [-0.15, -0.1) is 0 Å². The van der Waals surface area contributed by atoms with Crippen molar-refractivity contribution in [3.05, 3.63) is 0 Å². The highest BCUT2D eigenvalue weighted by Gasteiger charge is 2.43. The highest BCUT2D eigenvalue weighted by atomic mass is 16.6. The number of carbonyl (C=O) groups excluding carboxylic acids is 2. The van der Waals surface area contributed by atoms with Crippen LogP contribution in [-0.4, -0.2) is 49.5 Å². The van der Waals surface area contributed by atoms with E-state index in [1.807, 2.05) is 0 Å². The van der Waals surface area contributed by atoms with E-state index in [9.17, 15) is 14.7 Å². The Balaban J connectivity index is 2.38. The molecule has 2 N–H and O–H groups in total. The summed E-state index contributed by atoms with van der Waals surface area (Å²) in [5.41, 5.74) is -1.21. The standard InChI is InChI=1S/C33H63NO5/c1-4-6-8-10-14-18-26-38-31(36)33(3,32(37)39-27-19-15-11-9-7-5-2)24-16-12-13-17-25-34-30-22-20-29(28-35)21-23-30/h29-30,34-35H,4-28H2,1-3H3/t29-,30+. The van der Waals surface area contributed by atoms with Crippen LogP contribution in [0, 0.1) is 11.3 Å². The van der Waals surface area contributed by atoms with Gasteiger partial charge in [0.25, 0.3) is 0 Å². The maximum atomic E-state index is 13.1. The quantitative estimate of drug-likeness (QED) is 0.0679. The van der Waals surface area contributed by atoms with E-state index in [0.29, 0.717) is 38.2 Å². The minimum absolute atomic E-state index is 0.324. The van der Waals surface area contributed by atoms with Crippen LogP contribution >= 0.6 is 0 Å². The number of hydrogen-bond donors (Lipinski definition) is 2. The van der Waals surface area contributed by atoms with Crippen molar-refractivity contribution in [1.29, 1.82) is 0 Å². The number of aliphatic hydroxyl groups is 1. The number of hydrogen-bond acceptors (Lipinski definition) is 6. The fourth-order valence-corrected chi connectivity index (χ4v) is 5.51. The van der Waals surface area contributed by atoms with E-state index in [2.05, 4.69) is 19.2 Å². The van der Waals surface area contributed by atoms with Gasteiger partial charge < -0.3 is 19.9 Å². The Morgan fingerprint density at radius 2 is 1.15 bits per heavy atom. The minimum Gasteiger partial charge on any atom is -0.465 e. The first-order valence-electron chi connectivity index (χ1n) is 16.7. The summed E-state index contributed by atoms with van der Waals surface area (Å²) in [5.74, 6) is -0.333. The number of unbranched alkanes of at least 4 members (excludes halogenated alkanes) is 13. The second-order valence-corrected chi connectivity index (χ2v) is 12.2. The molecule has 0 aromatic heterocycles. The molecule has 39 heavy (non-hydrogen) atoms. The number of rotatable bonds is 25. The van der Waals surface area contributed by atoms with Gasteiger partial charge in [-0.1, -0.05) is 97.3 Å². The van der Waals surface area contributed by atoms with Gasteiger partial charge in [0.2, 0.25) is 0 Å². The van der Waals surface area contributed by atoms with Gasteiger partial charge in [-0.05, 0) is 70.8 Å². The van der Waals surface area contributed by atoms with Crippen LogP contribution in [-0.2, 0) is 19.1 Å². The molecular formula is C33H63NO5. The average Bonchev–Trinajstić information content (AvgIpc) is 2.95. The molecule has 230 valence electrons. The summed E-state index contributed by atoms with van der Waals surface area (Å²) in [7, 11) is 0. The molecule has 1 fully saturated rings. The average molecular weight is 554 g/mol. The first-order chi connectivity index (χ1) is 19.0. The molecule has 1 rings (SSSR count). The zero-order valence-electron chi connectivity index (χ0n) is 25.9. The van der Waals surface area contributed by atoms with Crippen LogP contribution in [0.4, 0.5) is 0 Å². The third kappa shape index (κ3) is 16.7. The highest BCUT2D eigenvalue weighted by Crippen LogP contribution is 2.29. The lowest BCUT2D eigenvalue weighted by Gasteiger charge is -2.28. The van der Waals surface area contributed by atoms with Crippen molar-refractivity contribution in [2.75, 3.05) is 26.4 Å². The van der Waals surface area contributed by atoms with E-state index in [4.69, 9.17) is 9.47 Å². The summed E-state index contributed by atoms with van der Waals surface area (Å²) in [6.45, 7) is 8.24. The first kappa shape index (κ1) is 35.9. The van der Waals surface area contributed by atoms with Crippen molar-refractivity contribution in [3.8, 4) is 0 Å². The number of esters is 2. The Hall–Kier alpha value is -1.14. The molecule has 0 radical (unpaired) electrons. The van der Waals surface area contributed by atoms with Crippen molar-refractivity contribution >= 4 is 11.9 Å². The van der Waals surface area contributed by atoms with E-state index >= 15 is 0 Å². The monoisotopic (exact) mass is 553 g/mol. The molecule has 1 saturated carbocycles. The second-order valence-electron chi connectivity index (χ2n) is 12.2. The molecule has 0 spiro atoms. The van der Waals surface area contributed by atoms with Gasteiger partial charge in [0.1, 0.15) is 0 Å². The third-order valence-electron chi connectivity index (χ3n) is 8.50. The normalized spacial score (nSPS) is 17.7. The zero-order chi connectivity index (χ0) is 28.6. The highest BCUT2D eigenvalue weighted by molar-refractivity contribution is 5.99. The zero-order valence-corrected chi connectivity index (χ0v) is 25.9. The van der Waals surface area contributed by atoms with Crippen LogP contribution < -0.4 is 5.32 Å². The van der Waals surface area contributed by atoms with Crippen molar-refractivity contribution in [1.82, 2.24) is 5.32 Å². The molecule has 0 aromatic carbocycles. The van der Waals surface area contributed by atoms with Crippen molar-refractivity contribution in [2.24, 2.45) is 11.3 Å². The Morgan fingerprint density at radius 3 is 1.67 bits per heavy atom. The number of aliphatic hydroxyl groups excluding tert-OH is 1. The van der Waals surface area contributed by atoms with E-state index < -0.39 is 17.4 Å². The summed E-state index contributed by atoms with van der Waals surface area (Å²) in [5, 5.41) is 13.0. The third-order valence-corrected chi connectivity index (χ3v) is 8.50. The lowest BCUT2D eigenvalue weighted by atomic mass is 9.84. The van der Waals surface area contributed by atoms with Gasteiger partial charge in [-0.2, -0.15) is 0 Å². The van der Waals surface area contributed by atoms with E-state index in [-0.39, 0.29) is 0 Å². The summed E-state index contributed by atoms with van der Waals surface area (Å²) in [6, 6.07) is 0.582. The molecule has 0 unspecified atom stereocenters. The summed E-state index contributed by atoms with van der Waals surface area (Å²) in [6.07, 6.45) is 22.6. The molecule has 6 heteroatoms. The summed E-state index contributed by atoms with van der Waals surface area (Å²) >= 11 is 0. The van der Waals surface area contributed by atoms with Crippen LogP contribution in [0.5, 0.6) is 0 Å². The summed E-state index contributed by atoms with van der Waals surface area (Å²) < 4.78 is 11.2. The fourth-order valence-electron chi connectivity index (χ4n) is 5.51. The molecule has 0 bridgehead atoms. The molecule has 6 nitrogen and oxygen atoms in total. The largest absolute Gasteiger partial charge is 0.465 e. The molecule has 0 saturated heterocycles. The van der Waals surface area contributed by atoms with E-state index in [1.165, 1.54) is 51.4 Å². The molecule has 0 amide bonds. The first-order valence-corrected chi connectivity index (χ1v) is 16.7. The molecule has 0 aromatic rings. The lowest BCUT2D eigenvalue weighted by Crippen LogP contribution is -2.39. The lowest BCUT2D eigenvalue weighted by molar-refractivity contribution is -0.172. The van der Waals surface area contributed by atoms with Gasteiger partial charge in [0, 0.05) is 12.6 Å². The fraction of sp³-hybridized carbons (Fsp3) is 0.939. The van der Waals surface area contributed by atoms with Crippen LogP contribution in [0.25, 0.3) is 0 Å². The van der Waals surface area contributed by atoms with Crippen LogP contribution in [0.2, 0.25) is 0 Å². The molecule has 0 heterocycles. The van der Waals surface area contributed by atoms with Gasteiger partial charge in [0.15, 0.2) is 5.41 Å². The Labute approximate surface area is 240 Å². The second kappa shape index (κ2) is 23.6. The Morgan fingerprint density at radius 1 is 0.692 bits per heavy atom. The smallest absolute Gasteiger partial charge is 0.323 e. The van der Waals surface area contributed by atoms with Crippen LogP contribution in [0.1, 0.15) is 156 Å². The molecule has 1 aliphatic rings. The number of nitrogens with one attached hydrogen (secondary N) is 1. The number of ether oxygens (including phenoxy) is 2. The predicted molar refractivity (Wildman–Crippen MR) is 161 cm³/mol. The topological polar surface area (TPSA) is 84.9 Å². The van der Waals surface area contributed by atoms with E-state index in [1.54, 1.807) is 6.92 Å². The maximum Gasteiger partial charge on any atom is 0.323 e. The summed E-state index contributed by atoms with van der Waals surface area (Å²) in [4.78, 5) is 26.2. The van der Waals surface area contributed by atoms with Crippen molar-refractivity contribution < 1.29 is 24.2 Å². The molecule has 1 aliphatic carbocycles. The molecule has 0 aliphatic heterocycles. The van der Waals surface area contributed by atoms with Crippen molar-refractivity contribution in [2.45, 2.75) is 162 Å². The SMILES string of the molecule is CCCCCCCCOC(=O)C(C)(CCCCCCN[C@H]1CC[C@@H](CO)CC1)C(=O)OCCCCCCCC. The number of carbonyl (C=O) groups is 2.